The van der Waals surface area contributed by atoms with Gasteiger partial charge in [0.1, 0.15) is 6.10 Å². The number of carbonyl (C=O) groups is 2. The van der Waals surface area contributed by atoms with Crippen LogP contribution >= 0.6 is 11.6 Å². The maximum Gasteiger partial charge on any atom is 0.307 e. The molecule has 0 saturated carbocycles. The summed E-state index contributed by atoms with van der Waals surface area (Å²) in [5.74, 6) is -0.384. The standard InChI is InChI=1S/C17H24ClNO4/c1-11(2)10-23-12(3)17(21)19-15(9-16(20)22-4)13-7-5-6-8-14(13)18/h5-8,11-12,15H,9-10H2,1-4H3,(H,19,21)/t12-,15+/m0/s1. The van der Waals surface area contributed by atoms with E-state index in [1.54, 1.807) is 31.2 Å². The molecule has 6 heteroatoms. The van der Waals surface area contributed by atoms with E-state index < -0.39 is 18.1 Å². The predicted octanol–water partition coefficient (Wildman–Crippen LogP) is 3.12. The number of carbonyl (C=O) groups excluding carboxylic acids is 2. The van der Waals surface area contributed by atoms with Gasteiger partial charge in [-0.1, -0.05) is 43.6 Å². The first kappa shape index (κ1) is 19.5. The number of rotatable bonds is 8. The molecule has 1 amide bonds. The van der Waals surface area contributed by atoms with Crippen molar-refractivity contribution in [1.29, 1.82) is 0 Å². The number of halogens is 1. The molecule has 0 aliphatic carbocycles. The highest BCUT2D eigenvalue weighted by Crippen LogP contribution is 2.25. The van der Waals surface area contributed by atoms with E-state index in [0.717, 1.165) is 0 Å². The van der Waals surface area contributed by atoms with E-state index in [1.165, 1.54) is 7.11 Å². The van der Waals surface area contributed by atoms with Crippen LogP contribution in [0.3, 0.4) is 0 Å². The lowest BCUT2D eigenvalue weighted by Gasteiger charge is -2.22. The van der Waals surface area contributed by atoms with Crippen molar-refractivity contribution >= 4 is 23.5 Å². The van der Waals surface area contributed by atoms with E-state index in [9.17, 15) is 9.59 Å². The van der Waals surface area contributed by atoms with Crippen LogP contribution in [0.2, 0.25) is 5.02 Å². The van der Waals surface area contributed by atoms with Gasteiger partial charge in [-0.15, -0.1) is 0 Å². The molecule has 23 heavy (non-hydrogen) atoms. The minimum absolute atomic E-state index is 0.00285. The van der Waals surface area contributed by atoms with Gasteiger partial charge in [-0.05, 0) is 24.5 Å². The molecule has 1 aromatic carbocycles. The van der Waals surface area contributed by atoms with Gasteiger partial charge in [0, 0.05) is 11.6 Å². The number of esters is 1. The molecule has 0 aliphatic rings. The Balaban J connectivity index is 2.83. The smallest absolute Gasteiger partial charge is 0.307 e. The normalized spacial score (nSPS) is 13.5. The van der Waals surface area contributed by atoms with Gasteiger partial charge in [-0.25, -0.2) is 0 Å². The van der Waals surface area contributed by atoms with Crippen molar-refractivity contribution in [3.63, 3.8) is 0 Å². The molecule has 0 saturated heterocycles. The van der Waals surface area contributed by atoms with Crippen LogP contribution in [0.25, 0.3) is 0 Å². The minimum atomic E-state index is -0.611. The van der Waals surface area contributed by atoms with Crippen LogP contribution in [-0.4, -0.2) is 31.7 Å². The summed E-state index contributed by atoms with van der Waals surface area (Å²) in [5, 5.41) is 3.30. The molecule has 5 nitrogen and oxygen atoms in total. The first-order valence-electron chi connectivity index (χ1n) is 7.58. The molecular weight excluding hydrogens is 318 g/mol. The van der Waals surface area contributed by atoms with Crippen molar-refractivity contribution in [3.05, 3.63) is 34.9 Å². The molecule has 1 rings (SSSR count). The van der Waals surface area contributed by atoms with Crippen LogP contribution in [0.5, 0.6) is 0 Å². The fourth-order valence-electron chi connectivity index (χ4n) is 1.95. The summed E-state index contributed by atoms with van der Waals surface area (Å²) in [6.07, 6.45) is -0.608. The third kappa shape index (κ3) is 6.59. The second kappa shape index (κ2) is 9.53. The van der Waals surface area contributed by atoms with Crippen LogP contribution < -0.4 is 5.32 Å². The second-order valence-corrected chi connectivity index (χ2v) is 6.14. The third-order valence-corrected chi connectivity index (χ3v) is 3.59. The van der Waals surface area contributed by atoms with Crippen molar-refractivity contribution < 1.29 is 19.1 Å². The Morgan fingerprint density at radius 2 is 1.87 bits per heavy atom. The van der Waals surface area contributed by atoms with E-state index in [0.29, 0.717) is 23.1 Å². The summed E-state index contributed by atoms with van der Waals surface area (Å²) in [4.78, 5) is 23.9. The van der Waals surface area contributed by atoms with Crippen molar-refractivity contribution in [2.45, 2.75) is 39.3 Å². The number of ether oxygens (including phenoxy) is 2. The molecule has 1 N–H and O–H groups in total. The van der Waals surface area contributed by atoms with Gasteiger partial charge in [-0.2, -0.15) is 0 Å². The zero-order valence-electron chi connectivity index (χ0n) is 14.0. The molecule has 0 fully saturated rings. The lowest BCUT2D eigenvalue weighted by atomic mass is 10.0. The predicted molar refractivity (Wildman–Crippen MR) is 89.2 cm³/mol. The van der Waals surface area contributed by atoms with Gasteiger partial charge in [-0.3, -0.25) is 9.59 Å². The Bertz CT molecular complexity index is 533. The van der Waals surface area contributed by atoms with Crippen LogP contribution in [0.15, 0.2) is 24.3 Å². The molecule has 2 atom stereocenters. The second-order valence-electron chi connectivity index (χ2n) is 5.73. The molecule has 0 radical (unpaired) electrons. The van der Waals surface area contributed by atoms with E-state index in [2.05, 4.69) is 5.32 Å². The Hall–Kier alpha value is -1.59. The van der Waals surface area contributed by atoms with Gasteiger partial charge in [0.25, 0.3) is 0 Å². The number of nitrogens with one attached hydrogen (secondary N) is 1. The van der Waals surface area contributed by atoms with E-state index in [4.69, 9.17) is 21.1 Å². The van der Waals surface area contributed by atoms with Crippen LogP contribution in [0.1, 0.15) is 38.8 Å². The molecule has 0 aliphatic heterocycles. The van der Waals surface area contributed by atoms with Gasteiger partial charge in [0.15, 0.2) is 0 Å². The number of benzene rings is 1. The lowest BCUT2D eigenvalue weighted by molar-refractivity contribution is -0.141. The van der Waals surface area contributed by atoms with Gasteiger partial charge < -0.3 is 14.8 Å². The third-order valence-electron chi connectivity index (χ3n) is 3.24. The number of methoxy groups -OCH3 is 1. The molecule has 0 unspecified atom stereocenters. The number of amides is 1. The molecule has 0 spiro atoms. The first-order chi connectivity index (χ1) is 10.8. The zero-order valence-corrected chi connectivity index (χ0v) is 14.7. The van der Waals surface area contributed by atoms with Crippen LogP contribution in [-0.2, 0) is 19.1 Å². The summed E-state index contributed by atoms with van der Waals surface area (Å²) >= 11 is 6.18. The SMILES string of the molecule is COC(=O)C[C@@H](NC(=O)[C@H](C)OCC(C)C)c1ccccc1Cl. The molecule has 0 bridgehead atoms. The van der Waals surface area contributed by atoms with Crippen molar-refractivity contribution in [1.82, 2.24) is 5.32 Å². The highest BCUT2D eigenvalue weighted by molar-refractivity contribution is 6.31. The Morgan fingerprint density at radius 3 is 2.43 bits per heavy atom. The summed E-state index contributed by atoms with van der Waals surface area (Å²) < 4.78 is 10.2. The number of hydrogen-bond acceptors (Lipinski definition) is 4. The highest BCUT2D eigenvalue weighted by Gasteiger charge is 2.23. The quantitative estimate of drug-likeness (QED) is 0.738. The topological polar surface area (TPSA) is 64.6 Å². The van der Waals surface area contributed by atoms with Crippen LogP contribution in [0.4, 0.5) is 0 Å². The molecule has 1 aromatic rings. The molecular formula is C17H24ClNO4. The Labute approximate surface area is 142 Å². The average Bonchev–Trinajstić information content (AvgIpc) is 2.52. The Kier molecular flexibility index (Phi) is 8.06. The molecule has 0 aromatic heterocycles. The van der Waals surface area contributed by atoms with Gasteiger partial charge in [0.2, 0.25) is 5.91 Å². The van der Waals surface area contributed by atoms with Crippen molar-refractivity contribution in [2.75, 3.05) is 13.7 Å². The van der Waals surface area contributed by atoms with Gasteiger partial charge >= 0.3 is 5.97 Å². The summed E-state index contributed by atoms with van der Waals surface area (Å²) in [6.45, 7) is 6.19. The van der Waals surface area contributed by atoms with E-state index >= 15 is 0 Å². The maximum atomic E-state index is 12.3. The highest BCUT2D eigenvalue weighted by atomic mass is 35.5. The van der Waals surface area contributed by atoms with E-state index in [-0.39, 0.29) is 12.3 Å². The van der Waals surface area contributed by atoms with Crippen molar-refractivity contribution in [2.24, 2.45) is 5.92 Å². The first-order valence-corrected chi connectivity index (χ1v) is 7.96. The average molecular weight is 342 g/mol. The monoisotopic (exact) mass is 341 g/mol. The molecule has 0 heterocycles. The van der Waals surface area contributed by atoms with Crippen LogP contribution in [0, 0.1) is 5.92 Å². The van der Waals surface area contributed by atoms with Crippen molar-refractivity contribution in [3.8, 4) is 0 Å². The zero-order chi connectivity index (χ0) is 17.4. The fourth-order valence-corrected chi connectivity index (χ4v) is 2.22. The van der Waals surface area contributed by atoms with E-state index in [1.807, 2.05) is 13.8 Å². The Morgan fingerprint density at radius 1 is 1.22 bits per heavy atom. The minimum Gasteiger partial charge on any atom is -0.469 e. The summed E-state index contributed by atoms with van der Waals surface area (Å²) in [5.41, 5.74) is 0.670. The van der Waals surface area contributed by atoms with Gasteiger partial charge in [0.05, 0.1) is 19.6 Å². The maximum absolute atomic E-state index is 12.3. The molecule has 128 valence electrons. The summed E-state index contributed by atoms with van der Waals surface area (Å²) in [6, 6.07) is 6.52. The summed E-state index contributed by atoms with van der Waals surface area (Å²) in [7, 11) is 1.31. The number of hydrogen-bond donors (Lipinski definition) is 1. The fraction of sp³-hybridized carbons (Fsp3) is 0.529. The largest absolute Gasteiger partial charge is 0.469 e. The lowest BCUT2D eigenvalue weighted by Crippen LogP contribution is -2.38.